The standard InChI is InChI=1S/C19H16N2/c20-19(21)18-12-5-4-11-17(18)16-10-6-9-15(13-16)14-7-2-1-3-8-14/h1-13H,(H3,20,21). The second kappa shape index (κ2) is 5.63. The molecule has 0 spiro atoms. The molecule has 3 rings (SSSR count). The molecule has 3 N–H and O–H groups in total. The fraction of sp³-hybridized carbons (Fsp3) is 0. The molecule has 3 aromatic rings. The lowest BCUT2D eigenvalue weighted by atomic mass is 9.95. The normalized spacial score (nSPS) is 10.3. The fourth-order valence-corrected chi connectivity index (χ4v) is 2.47. The Morgan fingerprint density at radius 1 is 0.667 bits per heavy atom. The summed E-state index contributed by atoms with van der Waals surface area (Å²) in [6.07, 6.45) is 0. The molecule has 0 radical (unpaired) electrons. The van der Waals surface area contributed by atoms with Crippen LogP contribution in [-0.2, 0) is 0 Å². The summed E-state index contributed by atoms with van der Waals surface area (Å²) in [4.78, 5) is 0. The van der Waals surface area contributed by atoms with E-state index < -0.39 is 0 Å². The monoisotopic (exact) mass is 272 g/mol. The molecule has 3 aromatic carbocycles. The zero-order valence-corrected chi connectivity index (χ0v) is 11.6. The number of hydrogen-bond acceptors (Lipinski definition) is 1. The van der Waals surface area contributed by atoms with Gasteiger partial charge in [-0.1, -0.05) is 72.8 Å². The highest BCUT2D eigenvalue weighted by atomic mass is 14.7. The second-order valence-corrected chi connectivity index (χ2v) is 4.91. The molecule has 0 bridgehead atoms. The van der Waals surface area contributed by atoms with Crippen LogP contribution in [0.3, 0.4) is 0 Å². The number of hydrogen-bond donors (Lipinski definition) is 2. The summed E-state index contributed by atoms with van der Waals surface area (Å²) in [6, 6.07) is 26.3. The van der Waals surface area contributed by atoms with Crippen molar-refractivity contribution in [2.24, 2.45) is 5.73 Å². The van der Waals surface area contributed by atoms with Crippen LogP contribution in [0.1, 0.15) is 5.56 Å². The minimum Gasteiger partial charge on any atom is -0.384 e. The van der Waals surface area contributed by atoms with Gasteiger partial charge in [0, 0.05) is 5.56 Å². The van der Waals surface area contributed by atoms with Crippen LogP contribution in [0.25, 0.3) is 22.3 Å². The van der Waals surface area contributed by atoms with Crippen LogP contribution >= 0.6 is 0 Å². The molecule has 2 nitrogen and oxygen atoms in total. The van der Waals surface area contributed by atoms with Crippen LogP contribution in [-0.4, -0.2) is 5.84 Å². The number of rotatable bonds is 3. The third kappa shape index (κ3) is 2.70. The van der Waals surface area contributed by atoms with Gasteiger partial charge in [-0.15, -0.1) is 0 Å². The Morgan fingerprint density at radius 3 is 2.05 bits per heavy atom. The molecular formula is C19H16N2. The molecule has 0 heterocycles. The predicted molar refractivity (Wildman–Crippen MR) is 88.3 cm³/mol. The van der Waals surface area contributed by atoms with Crippen molar-refractivity contribution in [2.75, 3.05) is 0 Å². The van der Waals surface area contributed by atoms with Crippen molar-refractivity contribution in [3.05, 3.63) is 84.4 Å². The number of amidine groups is 1. The van der Waals surface area contributed by atoms with Gasteiger partial charge >= 0.3 is 0 Å². The Balaban J connectivity index is 2.11. The van der Waals surface area contributed by atoms with Crippen LogP contribution in [0.5, 0.6) is 0 Å². The van der Waals surface area contributed by atoms with Gasteiger partial charge in [0.1, 0.15) is 5.84 Å². The van der Waals surface area contributed by atoms with E-state index in [4.69, 9.17) is 11.1 Å². The summed E-state index contributed by atoms with van der Waals surface area (Å²) in [7, 11) is 0. The minimum absolute atomic E-state index is 0.0933. The van der Waals surface area contributed by atoms with E-state index in [2.05, 4.69) is 24.3 Å². The Hall–Kier alpha value is -2.87. The minimum atomic E-state index is 0.0933. The van der Waals surface area contributed by atoms with Crippen molar-refractivity contribution < 1.29 is 0 Å². The molecule has 0 saturated heterocycles. The van der Waals surface area contributed by atoms with E-state index in [9.17, 15) is 0 Å². The van der Waals surface area contributed by atoms with Crippen LogP contribution in [0, 0.1) is 5.41 Å². The van der Waals surface area contributed by atoms with E-state index >= 15 is 0 Å². The largest absolute Gasteiger partial charge is 0.384 e. The van der Waals surface area contributed by atoms with Crippen molar-refractivity contribution in [1.29, 1.82) is 5.41 Å². The summed E-state index contributed by atoms with van der Waals surface area (Å²) in [6.45, 7) is 0. The van der Waals surface area contributed by atoms with Gasteiger partial charge in [-0.25, -0.2) is 0 Å². The zero-order chi connectivity index (χ0) is 14.7. The van der Waals surface area contributed by atoms with Crippen molar-refractivity contribution in [1.82, 2.24) is 0 Å². The molecule has 0 amide bonds. The van der Waals surface area contributed by atoms with E-state index in [0.717, 1.165) is 22.3 Å². The molecule has 0 aromatic heterocycles. The van der Waals surface area contributed by atoms with Crippen LogP contribution in [0.2, 0.25) is 0 Å². The first kappa shape index (κ1) is 13.1. The smallest absolute Gasteiger partial charge is 0.123 e. The van der Waals surface area contributed by atoms with Gasteiger partial charge in [0.15, 0.2) is 0 Å². The maximum atomic E-state index is 7.72. The maximum Gasteiger partial charge on any atom is 0.123 e. The Morgan fingerprint density at radius 2 is 1.29 bits per heavy atom. The first-order valence-corrected chi connectivity index (χ1v) is 6.85. The number of benzene rings is 3. The lowest BCUT2D eigenvalue weighted by Gasteiger charge is -2.10. The average molecular weight is 272 g/mol. The van der Waals surface area contributed by atoms with Gasteiger partial charge in [0.25, 0.3) is 0 Å². The van der Waals surface area contributed by atoms with Crippen LogP contribution in [0.4, 0.5) is 0 Å². The fourth-order valence-electron chi connectivity index (χ4n) is 2.47. The van der Waals surface area contributed by atoms with Crippen molar-refractivity contribution >= 4 is 5.84 Å². The molecule has 0 fully saturated rings. The number of nitrogens with one attached hydrogen (secondary N) is 1. The number of nitrogens with two attached hydrogens (primary N) is 1. The van der Waals surface area contributed by atoms with Gasteiger partial charge < -0.3 is 5.73 Å². The predicted octanol–water partition coefficient (Wildman–Crippen LogP) is 4.30. The van der Waals surface area contributed by atoms with E-state index in [0.29, 0.717) is 0 Å². The highest BCUT2D eigenvalue weighted by molar-refractivity contribution is 6.01. The summed E-state index contributed by atoms with van der Waals surface area (Å²) in [5.41, 5.74) is 10.8. The first-order valence-electron chi connectivity index (χ1n) is 6.85. The zero-order valence-electron chi connectivity index (χ0n) is 11.6. The molecule has 21 heavy (non-hydrogen) atoms. The molecule has 0 aliphatic rings. The molecule has 102 valence electrons. The van der Waals surface area contributed by atoms with Gasteiger partial charge in [0.05, 0.1) is 0 Å². The van der Waals surface area contributed by atoms with Gasteiger partial charge in [-0.2, -0.15) is 0 Å². The van der Waals surface area contributed by atoms with Gasteiger partial charge in [0.2, 0.25) is 0 Å². The van der Waals surface area contributed by atoms with Crippen molar-refractivity contribution in [2.45, 2.75) is 0 Å². The van der Waals surface area contributed by atoms with E-state index in [1.54, 1.807) is 0 Å². The summed E-state index contributed by atoms with van der Waals surface area (Å²) >= 11 is 0. The molecule has 0 saturated carbocycles. The highest BCUT2D eigenvalue weighted by Gasteiger charge is 2.07. The van der Waals surface area contributed by atoms with Crippen molar-refractivity contribution in [3.8, 4) is 22.3 Å². The molecule has 2 heteroatoms. The molecule has 0 aliphatic heterocycles. The average Bonchev–Trinajstić information content (AvgIpc) is 2.56. The van der Waals surface area contributed by atoms with Gasteiger partial charge in [-0.3, -0.25) is 5.41 Å². The summed E-state index contributed by atoms with van der Waals surface area (Å²) in [5.74, 6) is 0.0933. The number of nitrogen functional groups attached to an aromatic ring is 1. The molecular weight excluding hydrogens is 256 g/mol. The third-order valence-corrected chi connectivity index (χ3v) is 3.50. The summed E-state index contributed by atoms with van der Waals surface area (Å²) in [5, 5.41) is 7.72. The molecule has 0 atom stereocenters. The van der Waals surface area contributed by atoms with E-state index in [1.165, 1.54) is 5.56 Å². The topological polar surface area (TPSA) is 49.9 Å². The Labute approximate surface area is 124 Å². The second-order valence-electron chi connectivity index (χ2n) is 4.91. The van der Waals surface area contributed by atoms with Crippen LogP contribution in [0.15, 0.2) is 78.9 Å². The lowest BCUT2D eigenvalue weighted by Crippen LogP contribution is -2.12. The summed E-state index contributed by atoms with van der Waals surface area (Å²) < 4.78 is 0. The third-order valence-electron chi connectivity index (χ3n) is 3.50. The van der Waals surface area contributed by atoms with E-state index in [1.807, 2.05) is 54.6 Å². The molecule has 0 unspecified atom stereocenters. The van der Waals surface area contributed by atoms with Gasteiger partial charge in [-0.05, 0) is 28.3 Å². The molecule has 0 aliphatic carbocycles. The lowest BCUT2D eigenvalue weighted by molar-refractivity contribution is 1.42. The Kier molecular flexibility index (Phi) is 3.52. The Bertz CT molecular complexity index is 776. The van der Waals surface area contributed by atoms with Crippen molar-refractivity contribution in [3.63, 3.8) is 0 Å². The van der Waals surface area contributed by atoms with E-state index in [-0.39, 0.29) is 5.84 Å². The SMILES string of the molecule is N=C(N)c1ccccc1-c1cccc(-c2ccccc2)c1. The maximum absolute atomic E-state index is 7.72. The first-order chi connectivity index (χ1) is 10.3. The highest BCUT2D eigenvalue weighted by Crippen LogP contribution is 2.28. The quantitative estimate of drug-likeness (QED) is 0.542. The van der Waals surface area contributed by atoms with Crippen LogP contribution < -0.4 is 5.73 Å².